The highest BCUT2D eigenvalue weighted by Crippen LogP contribution is 2.21. The molecule has 0 bridgehead atoms. The lowest BCUT2D eigenvalue weighted by Gasteiger charge is -2.15. The Bertz CT molecular complexity index is 473. The first-order valence-electron chi connectivity index (χ1n) is 6.03. The van der Waals surface area contributed by atoms with Crippen LogP contribution in [0, 0.1) is 0 Å². The number of carboxylic acid groups (broad SMARTS) is 1. The normalized spacial score (nSPS) is 18.8. The van der Waals surface area contributed by atoms with E-state index in [1.807, 2.05) is 0 Å². The first-order chi connectivity index (χ1) is 8.61. The third-order valence-corrected chi connectivity index (χ3v) is 3.02. The fraction of sp³-hybridized carbons (Fsp3) is 0.385. The highest BCUT2D eigenvalue weighted by atomic mass is 16.4. The van der Waals surface area contributed by atoms with Crippen LogP contribution in [-0.4, -0.2) is 29.7 Å². The SMILES string of the molecule is CCCC1CN(c2cccc(C(=O)O)c2)C(=O)N1. The zero-order valence-corrected chi connectivity index (χ0v) is 10.2. The van der Waals surface area contributed by atoms with Gasteiger partial charge in [0.25, 0.3) is 0 Å². The number of amides is 2. The lowest BCUT2D eigenvalue weighted by molar-refractivity contribution is 0.0697. The monoisotopic (exact) mass is 248 g/mol. The molecule has 1 saturated heterocycles. The standard InChI is InChI=1S/C13H16N2O3/c1-2-4-10-8-15(13(18)14-10)11-6-3-5-9(7-11)12(16)17/h3,5-7,10H,2,4,8H2,1H3,(H,14,18)(H,16,17). The Balaban J connectivity index is 2.19. The van der Waals surface area contributed by atoms with Crippen LogP contribution < -0.4 is 10.2 Å². The Morgan fingerprint density at radius 3 is 3.00 bits per heavy atom. The van der Waals surface area contributed by atoms with Gasteiger partial charge in [0.15, 0.2) is 0 Å². The minimum absolute atomic E-state index is 0.149. The summed E-state index contributed by atoms with van der Waals surface area (Å²) in [7, 11) is 0. The van der Waals surface area contributed by atoms with Gasteiger partial charge in [-0.1, -0.05) is 19.4 Å². The zero-order valence-electron chi connectivity index (χ0n) is 10.2. The van der Waals surface area contributed by atoms with E-state index in [0.29, 0.717) is 12.2 Å². The van der Waals surface area contributed by atoms with Gasteiger partial charge in [-0.15, -0.1) is 0 Å². The van der Waals surface area contributed by atoms with Crippen molar-refractivity contribution in [2.75, 3.05) is 11.4 Å². The highest BCUT2D eigenvalue weighted by Gasteiger charge is 2.29. The van der Waals surface area contributed by atoms with Crippen LogP contribution >= 0.6 is 0 Å². The van der Waals surface area contributed by atoms with Crippen molar-refractivity contribution in [2.24, 2.45) is 0 Å². The van der Waals surface area contributed by atoms with E-state index in [-0.39, 0.29) is 17.6 Å². The molecule has 2 amide bonds. The smallest absolute Gasteiger partial charge is 0.335 e. The van der Waals surface area contributed by atoms with Crippen LogP contribution in [0.5, 0.6) is 0 Å². The summed E-state index contributed by atoms with van der Waals surface area (Å²) in [5, 5.41) is 11.8. The van der Waals surface area contributed by atoms with Crippen molar-refractivity contribution in [1.29, 1.82) is 0 Å². The number of nitrogens with one attached hydrogen (secondary N) is 1. The van der Waals surface area contributed by atoms with Gasteiger partial charge in [-0.2, -0.15) is 0 Å². The molecule has 96 valence electrons. The highest BCUT2D eigenvalue weighted by molar-refractivity contribution is 5.96. The van der Waals surface area contributed by atoms with E-state index in [4.69, 9.17) is 5.11 Å². The van der Waals surface area contributed by atoms with E-state index in [1.54, 1.807) is 17.0 Å². The van der Waals surface area contributed by atoms with Gasteiger partial charge in [0.1, 0.15) is 0 Å². The molecule has 1 aromatic rings. The van der Waals surface area contributed by atoms with E-state index in [9.17, 15) is 9.59 Å². The lowest BCUT2D eigenvalue weighted by Crippen LogP contribution is -2.28. The molecule has 1 aliphatic rings. The number of nitrogens with zero attached hydrogens (tertiary/aromatic N) is 1. The fourth-order valence-electron chi connectivity index (χ4n) is 2.14. The molecule has 1 aliphatic heterocycles. The molecule has 18 heavy (non-hydrogen) atoms. The van der Waals surface area contributed by atoms with Gasteiger partial charge in [0.2, 0.25) is 0 Å². The molecule has 1 fully saturated rings. The Labute approximate surface area is 105 Å². The summed E-state index contributed by atoms with van der Waals surface area (Å²) in [4.78, 5) is 24.3. The molecule has 0 spiro atoms. The third kappa shape index (κ3) is 2.45. The van der Waals surface area contributed by atoms with E-state index < -0.39 is 5.97 Å². The second kappa shape index (κ2) is 5.08. The lowest BCUT2D eigenvalue weighted by atomic mass is 10.1. The largest absolute Gasteiger partial charge is 0.478 e. The summed E-state index contributed by atoms with van der Waals surface area (Å²) in [5.74, 6) is -0.985. The number of carbonyl (C=O) groups is 2. The maximum atomic E-state index is 11.8. The van der Waals surface area contributed by atoms with Crippen molar-refractivity contribution in [2.45, 2.75) is 25.8 Å². The second-order valence-corrected chi connectivity index (χ2v) is 4.40. The topological polar surface area (TPSA) is 69.6 Å². The van der Waals surface area contributed by atoms with Crippen LogP contribution in [0.3, 0.4) is 0 Å². The van der Waals surface area contributed by atoms with Gasteiger partial charge in [0, 0.05) is 18.3 Å². The Hall–Kier alpha value is -2.04. The third-order valence-electron chi connectivity index (χ3n) is 3.02. The number of hydrogen-bond acceptors (Lipinski definition) is 2. The van der Waals surface area contributed by atoms with Gasteiger partial charge in [0.05, 0.1) is 5.56 Å². The minimum Gasteiger partial charge on any atom is -0.478 e. The Morgan fingerprint density at radius 1 is 1.56 bits per heavy atom. The molecule has 5 nitrogen and oxygen atoms in total. The number of rotatable bonds is 4. The second-order valence-electron chi connectivity index (χ2n) is 4.40. The van der Waals surface area contributed by atoms with Gasteiger partial charge < -0.3 is 10.4 Å². The first-order valence-corrected chi connectivity index (χ1v) is 6.03. The van der Waals surface area contributed by atoms with Crippen LogP contribution in [0.2, 0.25) is 0 Å². The summed E-state index contributed by atoms with van der Waals surface area (Å²) in [6, 6.07) is 6.44. The summed E-state index contributed by atoms with van der Waals surface area (Å²) >= 11 is 0. The number of aromatic carboxylic acids is 1. The number of benzene rings is 1. The van der Waals surface area contributed by atoms with Crippen molar-refractivity contribution in [3.05, 3.63) is 29.8 Å². The van der Waals surface area contributed by atoms with Gasteiger partial charge in [-0.25, -0.2) is 9.59 Å². The van der Waals surface area contributed by atoms with Gasteiger partial charge in [-0.3, -0.25) is 4.90 Å². The maximum absolute atomic E-state index is 11.8. The number of anilines is 1. The summed E-state index contributed by atoms with van der Waals surface area (Å²) in [6.45, 7) is 2.66. The van der Waals surface area contributed by atoms with Crippen LogP contribution in [0.15, 0.2) is 24.3 Å². The Kier molecular flexibility index (Phi) is 3.50. The number of carboxylic acids is 1. The molecule has 0 saturated carbocycles. The fourth-order valence-corrected chi connectivity index (χ4v) is 2.14. The summed E-state index contributed by atoms with van der Waals surface area (Å²) < 4.78 is 0. The predicted octanol–water partition coefficient (Wildman–Crippen LogP) is 2.08. The van der Waals surface area contributed by atoms with Crippen molar-refractivity contribution < 1.29 is 14.7 Å². The van der Waals surface area contributed by atoms with Crippen molar-refractivity contribution in [1.82, 2.24) is 5.32 Å². The molecule has 1 atom stereocenters. The molecule has 1 heterocycles. The van der Waals surface area contributed by atoms with Crippen molar-refractivity contribution in [3.8, 4) is 0 Å². The van der Waals surface area contributed by atoms with Gasteiger partial charge in [-0.05, 0) is 24.6 Å². The number of urea groups is 1. The van der Waals surface area contributed by atoms with E-state index >= 15 is 0 Å². The molecule has 1 unspecified atom stereocenters. The molecular formula is C13H16N2O3. The molecule has 1 aromatic carbocycles. The molecule has 0 radical (unpaired) electrons. The molecule has 5 heteroatoms. The minimum atomic E-state index is -0.985. The van der Waals surface area contributed by atoms with E-state index in [0.717, 1.165) is 12.8 Å². The molecule has 2 N–H and O–H groups in total. The average molecular weight is 248 g/mol. The maximum Gasteiger partial charge on any atom is 0.335 e. The van der Waals surface area contributed by atoms with Crippen LogP contribution in [0.1, 0.15) is 30.1 Å². The summed E-state index contributed by atoms with van der Waals surface area (Å²) in [6.07, 6.45) is 1.94. The van der Waals surface area contributed by atoms with Crippen LogP contribution in [0.25, 0.3) is 0 Å². The number of hydrogen-bond donors (Lipinski definition) is 2. The van der Waals surface area contributed by atoms with E-state index in [2.05, 4.69) is 12.2 Å². The van der Waals surface area contributed by atoms with Gasteiger partial charge >= 0.3 is 12.0 Å². The molecule has 0 aromatic heterocycles. The average Bonchev–Trinajstić information content (AvgIpc) is 2.71. The zero-order chi connectivity index (χ0) is 13.1. The van der Waals surface area contributed by atoms with E-state index in [1.165, 1.54) is 12.1 Å². The molecule has 0 aliphatic carbocycles. The van der Waals surface area contributed by atoms with Crippen molar-refractivity contribution >= 4 is 17.7 Å². The van der Waals surface area contributed by atoms with Crippen LogP contribution in [0.4, 0.5) is 10.5 Å². The summed E-state index contributed by atoms with van der Waals surface area (Å²) in [5.41, 5.74) is 0.824. The predicted molar refractivity (Wildman–Crippen MR) is 68.0 cm³/mol. The molecule has 2 rings (SSSR count). The van der Waals surface area contributed by atoms with Crippen LogP contribution in [-0.2, 0) is 0 Å². The molecular weight excluding hydrogens is 232 g/mol. The number of carbonyl (C=O) groups excluding carboxylic acids is 1. The first kappa shape index (κ1) is 12.4. The van der Waals surface area contributed by atoms with Crippen molar-refractivity contribution in [3.63, 3.8) is 0 Å². The Morgan fingerprint density at radius 2 is 2.33 bits per heavy atom. The quantitative estimate of drug-likeness (QED) is 0.857.